The van der Waals surface area contributed by atoms with Crippen LogP contribution in [0.2, 0.25) is 0 Å². The number of nitriles is 1. The van der Waals surface area contributed by atoms with E-state index in [9.17, 15) is 0 Å². The molecule has 1 rings (SSSR count). The molecule has 1 aromatic carbocycles. The molecule has 0 radical (unpaired) electrons. The molecule has 0 saturated carbocycles. The molecule has 4 heteroatoms. The Kier molecular flexibility index (Phi) is 5.11. The number of hydrogen-bond donors (Lipinski definition) is 2. The summed E-state index contributed by atoms with van der Waals surface area (Å²) in [5.74, 6) is 4.25. The molecule has 0 aliphatic carbocycles. The first-order chi connectivity index (χ1) is 7.77. The molecule has 0 saturated heterocycles. The van der Waals surface area contributed by atoms with Gasteiger partial charge in [-0.05, 0) is 18.2 Å². The second-order valence-corrected chi connectivity index (χ2v) is 4.20. The van der Waals surface area contributed by atoms with Crippen LogP contribution in [0, 0.1) is 23.7 Å². The monoisotopic (exact) mass is 231 g/mol. The quantitative estimate of drug-likeness (QED) is 0.462. The fraction of sp³-hybridized carbons (Fsp3) is 0.250. The molecule has 0 amide bonds. The van der Waals surface area contributed by atoms with Crippen LogP contribution in [-0.4, -0.2) is 18.1 Å². The number of thioether (sulfide) groups is 1. The van der Waals surface area contributed by atoms with Crippen LogP contribution in [0.15, 0.2) is 18.2 Å². The summed E-state index contributed by atoms with van der Waals surface area (Å²) >= 11 is 1.70. The number of benzene rings is 1. The molecule has 0 aromatic heterocycles. The van der Waals surface area contributed by atoms with Gasteiger partial charge in [0.1, 0.15) is 6.07 Å². The van der Waals surface area contributed by atoms with E-state index in [4.69, 9.17) is 17.4 Å². The number of rotatable bonds is 5. The van der Waals surface area contributed by atoms with E-state index >= 15 is 0 Å². The Morgan fingerprint density at radius 3 is 2.94 bits per heavy atom. The Balaban J connectivity index is 2.41. The van der Waals surface area contributed by atoms with E-state index in [1.54, 1.807) is 23.9 Å². The zero-order chi connectivity index (χ0) is 11.8. The highest BCUT2D eigenvalue weighted by atomic mass is 32.2. The number of nitrogens with zero attached hydrogens (tertiary/aromatic N) is 1. The fourth-order valence-corrected chi connectivity index (χ4v) is 1.68. The Labute approximate surface area is 100 Å². The number of hydrogen-bond acceptors (Lipinski definition) is 4. The molecule has 3 nitrogen and oxygen atoms in total. The Hall–Kier alpha value is -1.78. The first kappa shape index (κ1) is 12.3. The smallest absolute Gasteiger partial charge is 0.101 e. The van der Waals surface area contributed by atoms with Crippen LogP contribution >= 0.6 is 11.8 Å². The highest BCUT2D eigenvalue weighted by Gasteiger charge is 1.98. The molecule has 1 aromatic rings. The maximum absolute atomic E-state index is 8.71. The fourth-order valence-electron chi connectivity index (χ4n) is 1.17. The minimum Gasteiger partial charge on any atom is -0.398 e. The number of nitrogens with two attached hydrogens (primary N) is 1. The van der Waals surface area contributed by atoms with Crippen molar-refractivity contribution in [3.05, 3.63) is 23.8 Å². The van der Waals surface area contributed by atoms with Gasteiger partial charge in [-0.25, -0.2) is 0 Å². The summed E-state index contributed by atoms with van der Waals surface area (Å²) in [5.41, 5.74) is 7.63. The molecule has 3 N–H and O–H groups in total. The predicted octanol–water partition coefficient (Wildman–Crippen LogP) is 1.92. The van der Waals surface area contributed by atoms with Crippen molar-refractivity contribution in [3.8, 4) is 18.4 Å². The van der Waals surface area contributed by atoms with Crippen molar-refractivity contribution in [2.24, 2.45) is 0 Å². The lowest BCUT2D eigenvalue weighted by molar-refractivity contribution is 1.23. The van der Waals surface area contributed by atoms with Crippen LogP contribution < -0.4 is 11.1 Å². The zero-order valence-corrected chi connectivity index (χ0v) is 9.68. The lowest BCUT2D eigenvalue weighted by Crippen LogP contribution is -2.05. The van der Waals surface area contributed by atoms with E-state index in [0.717, 1.165) is 23.7 Å². The maximum Gasteiger partial charge on any atom is 0.101 e. The molecule has 0 aliphatic heterocycles. The molecule has 0 unspecified atom stereocenters. The van der Waals surface area contributed by atoms with Gasteiger partial charge in [0.2, 0.25) is 0 Å². The standard InChI is InChI=1S/C12H13N3S/c1-2-6-16-7-5-15-11-4-3-10(9-13)12(14)8-11/h1,3-4,8,15H,5-7,14H2. The van der Waals surface area contributed by atoms with Gasteiger partial charge < -0.3 is 11.1 Å². The van der Waals surface area contributed by atoms with Crippen molar-refractivity contribution in [3.63, 3.8) is 0 Å². The molecule has 0 fully saturated rings. The third-order valence-corrected chi connectivity index (χ3v) is 2.80. The highest BCUT2D eigenvalue weighted by molar-refractivity contribution is 7.99. The molecular formula is C12H13N3S. The number of nitrogens with one attached hydrogen (secondary N) is 1. The lowest BCUT2D eigenvalue weighted by Gasteiger charge is -2.06. The summed E-state index contributed by atoms with van der Waals surface area (Å²) in [7, 11) is 0. The Bertz CT molecular complexity index is 429. The van der Waals surface area contributed by atoms with Gasteiger partial charge in [-0.2, -0.15) is 5.26 Å². The molecule has 0 heterocycles. The first-order valence-electron chi connectivity index (χ1n) is 4.82. The average molecular weight is 231 g/mol. The zero-order valence-electron chi connectivity index (χ0n) is 8.86. The van der Waals surface area contributed by atoms with E-state index in [1.807, 2.05) is 12.1 Å². The summed E-state index contributed by atoms with van der Waals surface area (Å²) in [6.07, 6.45) is 5.14. The van der Waals surface area contributed by atoms with E-state index in [-0.39, 0.29) is 0 Å². The lowest BCUT2D eigenvalue weighted by atomic mass is 10.2. The summed E-state index contributed by atoms with van der Waals surface area (Å²) in [6, 6.07) is 7.36. The van der Waals surface area contributed by atoms with Crippen molar-refractivity contribution in [1.29, 1.82) is 5.26 Å². The summed E-state index contributed by atoms with van der Waals surface area (Å²) in [4.78, 5) is 0. The molecule has 0 spiro atoms. The first-order valence-corrected chi connectivity index (χ1v) is 5.98. The molecule has 0 atom stereocenters. The minimum absolute atomic E-state index is 0.503. The van der Waals surface area contributed by atoms with Crippen LogP contribution in [0.5, 0.6) is 0 Å². The normalized spacial score (nSPS) is 9.12. The minimum atomic E-state index is 0.503. The van der Waals surface area contributed by atoms with Gasteiger partial charge in [0.15, 0.2) is 0 Å². The molecule has 82 valence electrons. The molecule has 0 bridgehead atoms. The third-order valence-electron chi connectivity index (χ3n) is 1.93. The molecule has 0 aliphatic rings. The second-order valence-electron chi connectivity index (χ2n) is 3.10. The summed E-state index contributed by atoms with van der Waals surface area (Å²) in [6.45, 7) is 0.831. The van der Waals surface area contributed by atoms with Crippen molar-refractivity contribution in [2.75, 3.05) is 29.1 Å². The van der Waals surface area contributed by atoms with Gasteiger partial charge >= 0.3 is 0 Å². The summed E-state index contributed by atoms with van der Waals surface area (Å²) in [5, 5.41) is 11.9. The number of anilines is 2. The number of terminal acetylenes is 1. The van der Waals surface area contributed by atoms with Crippen LogP contribution in [-0.2, 0) is 0 Å². The average Bonchev–Trinajstić information content (AvgIpc) is 2.29. The van der Waals surface area contributed by atoms with Gasteiger partial charge in [0.05, 0.1) is 17.0 Å². The van der Waals surface area contributed by atoms with Crippen molar-refractivity contribution in [2.45, 2.75) is 0 Å². The van der Waals surface area contributed by atoms with Crippen molar-refractivity contribution >= 4 is 23.1 Å². The Morgan fingerprint density at radius 2 is 2.31 bits per heavy atom. The van der Waals surface area contributed by atoms with E-state index < -0.39 is 0 Å². The van der Waals surface area contributed by atoms with Crippen LogP contribution in [0.1, 0.15) is 5.56 Å². The highest BCUT2D eigenvalue weighted by Crippen LogP contribution is 2.16. The van der Waals surface area contributed by atoms with Crippen molar-refractivity contribution in [1.82, 2.24) is 0 Å². The van der Waals surface area contributed by atoms with Crippen molar-refractivity contribution < 1.29 is 0 Å². The van der Waals surface area contributed by atoms with Gasteiger partial charge in [0, 0.05) is 18.0 Å². The number of nitrogen functional groups attached to an aromatic ring is 1. The molecule has 16 heavy (non-hydrogen) atoms. The van der Waals surface area contributed by atoms with E-state index in [2.05, 4.69) is 11.2 Å². The van der Waals surface area contributed by atoms with Crippen LogP contribution in [0.25, 0.3) is 0 Å². The maximum atomic E-state index is 8.71. The van der Waals surface area contributed by atoms with E-state index in [0.29, 0.717) is 11.3 Å². The molecular weight excluding hydrogens is 218 g/mol. The second kappa shape index (κ2) is 6.66. The van der Waals surface area contributed by atoms with Gasteiger partial charge in [0.25, 0.3) is 0 Å². The SMILES string of the molecule is C#CCSCCNc1ccc(C#N)c(N)c1. The van der Waals surface area contributed by atoms with E-state index in [1.165, 1.54) is 0 Å². The van der Waals surface area contributed by atoms with Gasteiger partial charge in [-0.1, -0.05) is 5.92 Å². The van der Waals surface area contributed by atoms with Crippen LogP contribution in [0.4, 0.5) is 11.4 Å². The largest absolute Gasteiger partial charge is 0.398 e. The summed E-state index contributed by atoms with van der Waals surface area (Å²) < 4.78 is 0. The van der Waals surface area contributed by atoms with Crippen LogP contribution in [0.3, 0.4) is 0 Å². The predicted molar refractivity (Wildman–Crippen MR) is 70.2 cm³/mol. The van der Waals surface area contributed by atoms with Gasteiger partial charge in [-0.15, -0.1) is 18.2 Å². The third kappa shape index (κ3) is 3.76. The van der Waals surface area contributed by atoms with Gasteiger partial charge in [-0.3, -0.25) is 0 Å². The topological polar surface area (TPSA) is 61.8 Å². The Morgan fingerprint density at radius 1 is 1.50 bits per heavy atom.